The number of ether oxygens (including phenoxy) is 1. The van der Waals surface area contributed by atoms with Gasteiger partial charge in [0.15, 0.2) is 5.78 Å². The van der Waals surface area contributed by atoms with E-state index in [0.29, 0.717) is 30.7 Å². The van der Waals surface area contributed by atoms with Crippen molar-refractivity contribution in [2.24, 2.45) is 0 Å². The summed E-state index contributed by atoms with van der Waals surface area (Å²) < 4.78 is 63.5. The van der Waals surface area contributed by atoms with Gasteiger partial charge in [0.25, 0.3) is 0 Å². The maximum Gasteiger partial charge on any atom is 0.466 e. The Labute approximate surface area is 202 Å². The van der Waals surface area contributed by atoms with Crippen molar-refractivity contribution in [3.63, 3.8) is 0 Å². The number of benzene rings is 1. The van der Waals surface area contributed by atoms with Crippen LogP contribution in [0.15, 0.2) is 24.3 Å². The zero-order chi connectivity index (χ0) is 23.8. The molecule has 0 saturated carbocycles. The SMILES string of the molecule is O=C(CS1(OS(=O)(=O)C(F)(F)C(=O)OCCCCCBr)CCCCC1)c1ccc(Cl)cc1. The summed E-state index contributed by atoms with van der Waals surface area (Å²) in [6.45, 7) is -0.315. The van der Waals surface area contributed by atoms with Crippen LogP contribution in [0, 0.1) is 0 Å². The van der Waals surface area contributed by atoms with E-state index < -0.39 is 37.4 Å². The lowest BCUT2D eigenvalue weighted by atomic mass is 10.1. The van der Waals surface area contributed by atoms with Gasteiger partial charge in [0.05, 0.1) is 12.4 Å². The summed E-state index contributed by atoms with van der Waals surface area (Å²) in [6, 6.07) is 5.99. The van der Waals surface area contributed by atoms with Crippen LogP contribution < -0.4 is 0 Å². The van der Waals surface area contributed by atoms with E-state index in [2.05, 4.69) is 20.7 Å². The number of unbranched alkanes of at least 4 members (excludes halogenated alkanes) is 2. The Balaban J connectivity index is 2.14. The summed E-state index contributed by atoms with van der Waals surface area (Å²) in [7, 11) is -8.38. The number of alkyl halides is 3. The van der Waals surface area contributed by atoms with Crippen molar-refractivity contribution < 1.29 is 35.2 Å². The van der Waals surface area contributed by atoms with Gasteiger partial charge in [-0.15, -0.1) is 10.3 Å². The predicted molar refractivity (Wildman–Crippen MR) is 125 cm³/mol. The number of hydrogen-bond donors (Lipinski definition) is 0. The molecule has 1 saturated heterocycles. The molecule has 12 heteroatoms. The summed E-state index contributed by atoms with van der Waals surface area (Å²) in [6.07, 6.45) is 3.60. The van der Waals surface area contributed by atoms with Gasteiger partial charge in [-0.05, 0) is 56.4 Å². The molecule has 2 rings (SSSR count). The van der Waals surface area contributed by atoms with Crippen molar-refractivity contribution in [1.29, 1.82) is 0 Å². The highest BCUT2D eigenvalue weighted by Gasteiger charge is 2.58. The van der Waals surface area contributed by atoms with Crippen molar-refractivity contribution in [2.75, 3.05) is 29.2 Å². The van der Waals surface area contributed by atoms with E-state index in [-0.39, 0.29) is 29.4 Å². The zero-order valence-electron chi connectivity index (χ0n) is 17.4. The first-order valence-electron chi connectivity index (χ1n) is 10.1. The molecule has 0 aliphatic carbocycles. The molecule has 1 aliphatic heterocycles. The fraction of sp³-hybridized carbons (Fsp3) is 0.600. The molecule has 1 aromatic rings. The second kappa shape index (κ2) is 12.1. The Morgan fingerprint density at radius 2 is 1.69 bits per heavy atom. The van der Waals surface area contributed by atoms with Gasteiger partial charge >= 0.3 is 21.3 Å². The second-order valence-electron chi connectivity index (χ2n) is 7.43. The average molecular weight is 580 g/mol. The number of hydrogen-bond acceptors (Lipinski definition) is 6. The van der Waals surface area contributed by atoms with Crippen molar-refractivity contribution >= 4 is 59.7 Å². The standard InChI is InChI=1S/C20H26BrClF2O6S2/c21-11-3-1-4-12-29-19(26)20(23,24)32(27,28)30-31(13-5-2-6-14-31)15-18(25)16-7-9-17(22)10-8-16/h7-10H,1-6,11-15H2. The van der Waals surface area contributed by atoms with Gasteiger partial charge in [-0.25, -0.2) is 8.42 Å². The Hall–Kier alpha value is -0.750. The highest BCUT2D eigenvalue weighted by atomic mass is 79.9. The van der Waals surface area contributed by atoms with Crippen molar-refractivity contribution in [3.05, 3.63) is 34.9 Å². The maximum atomic E-state index is 14.5. The van der Waals surface area contributed by atoms with Crippen LogP contribution in [0.5, 0.6) is 0 Å². The summed E-state index contributed by atoms with van der Waals surface area (Å²) in [4.78, 5) is 24.6. The fourth-order valence-corrected chi connectivity index (χ4v) is 9.14. The molecule has 0 amide bonds. The molecule has 1 aliphatic rings. The molecule has 1 aromatic carbocycles. The minimum Gasteiger partial charge on any atom is -0.460 e. The summed E-state index contributed by atoms with van der Waals surface area (Å²) in [5, 5.41) is -3.72. The van der Waals surface area contributed by atoms with Crippen LogP contribution in [0.3, 0.4) is 0 Å². The number of halogens is 4. The lowest BCUT2D eigenvalue weighted by Gasteiger charge is -2.41. The van der Waals surface area contributed by atoms with Crippen LogP contribution in [0.1, 0.15) is 48.9 Å². The number of rotatable bonds is 12. The molecule has 0 bridgehead atoms. The monoisotopic (exact) mass is 578 g/mol. The highest BCUT2D eigenvalue weighted by Crippen LogP contribution is 2.56. The first-order valence-corrected chi connectivity index (χ1v) is 15.1. The summed E-state index contributed by atoms with van der Waals surface area (Å²) in [5.74, 6) is -2.55. The van der Waals surface area contributed by atoms with Crippen molar-refractivity contribution in [3.8, 4) is 0 Å². The van der Waals surface area contributed by atoms with Crippen LogP contribution in [0.25, 0.3) is 0 Å². The molecule has 0 aromatic heterocycles. The van der Waals surface area contributed by atoms with Gasteiger partial charge in [-0.1, -0.05) is 34.0 Å². The lowest BCUT2D eigenvalue weighted by Crippen LogP contribution is -2.42. The largest absolute Gasteiger partial charge is 0.466 e. The summed E-state index contributed by atoms with van der Waals surface area (Å²) >= 11 is 9.05. The Morgan fingerprint density at radius 3 is 2.28 bits per heavy atom. The molecule has 182 valence electrons. The molecule has 32 heavy (non-hydrogen) atoms. The number of carbonyl (C=O) groups excluding carboxylic acids is 2. The first kappa shape index (κ1) is 27.5. The van der Waals surface area contributed by atoms with E-state index in [4.69, 9.17) is 15.2 Å². The Kier molecular flexibility index (Phi) is 10.4. The van der Waals surface area contributed by atoms with Crippen LogP contribution in [0.4, 0.5) is 8.78 Å². The molecule has 6 nitrogen and oxygen atoms in total. The van der Waals surface area contributed by atoms with Gasteiger partial charge in [0.1, 0.15) is 0 Å². The van der Waals surface area contributed by atoms with Gasteiger partial charge in [0, 0.05) is 27.4 Å². The highest BCUT2D eigenvalue weighted by molar-refractivity contribution is 9.09. The smallest absolute Gasteiger partial charge is 0.460 e. The van der Waals surface area contributed by atoms with Crippen LogP contribution >= 0.6 is 37.8 Å². The van der Waals surface area contributed by atoms with Gasteiger partial charge in [0.2, 0.25) is 0 Å². The third kappa shape index (κ3) is 7.38. The molecule has 1 fully saturated rings. The van der Waals surface area contributed by atoms with E-state index in [1.807, 2.05) is 0 Å². The molecule has 0 spiro atoms. The van der Waals surface area contributed by atoms with Gasteiger partial charge in [-0.2, -0.15) is 17.2 Å². The molecule has 0 radical (unpaired) electrons. The quantitative estimate of drug-likeness (QED) is 0.141. The van der Waals surface area contributed by atoms with E-state index in [1.165, 1.54) is 24.3 Å². The predicted octanol–water partition coefficient (Wildman–Crippen LogP) is 5.47. The van der Waals surface area contributed by atoms with E-state index >= 15 is 0 Å². The third-order valence-electron chi connectivity index (χ3n) is 4.89. The zero-order valence-corrected chi connectivity index (χ0v) is 21.3. The minimum atomic E-state index is -5.65. The Bertz CT molecular complexity index is 890. The minimum absolute atomic E-state index is 0.184. The molecule has 0 N–H and O–H groups in total. The van der Waals surface area contributed by atoms with Crippen molar-refractivity contribution in [1.82, 2.24) is 0 Å². The van der Waals surface area contributed by atoms with Gasteiger partial charge < -0.3 is 4.74 Å². The molecular weight excluding hydrogens is 554 g/mol. The first-order chi connectivity index (χ1) is 15.0. The second-order valence-corrected chi connectivity index (χ2v) is 13.7. The third-order valence-corrected chi connectivity index (χ3v) is 11.2. The van der Waals surface area contributed by atoms with E-state index in [9.17, 15) is 26.8 Å². The van der Waals surface area contributed by atoms with Crippen LogP contribution in [-0.2, 0) is 23.3 Å². The maximum absolute atomic E-state index is 14.5. The van der Waals surface area contributed by atoms with E-state index in [0.717, 1.165) is 18.2 Å². The fourth-order valence-electron chi connectivity index (χ4n) is 3.16. The molecule has 0 atom stereocenters. The van der Waals surface area contributed by atoms with E-state index in [1.54, 1.807) is 0 Å². The number of esters is 1. The lowest BCUT2D eigenvalue weighted by molar-refractivity contribution is -0.161. The summed E-state index contributed by atoms with van der Waals surface area (Å²) in [5.41, 5.74) is 0.280. The topological polar surface area (TPSA) is 86.7 Å². The molecular formula is C20H26BrClF2O6S2. The number of ketones is 1. The van der Waals surface area contributed by atoms with Crippen LogP contribution in [0.2, 0.25) is 5.02 Å². The molecule has 1 heterocycles. The van der Waals surface area contributed by atoms with Crippen molar-refractivity contribution in [2.45, 2.75) is 43.8 Å². The Morgan fingerprint density at radius 1 is 1.06 bits per heavy atom. The van der Waals surface area contributed by atoms with Crippen LogP contribution in [-0.4, -0.2) is 54.6 Å². The number of Topliss-reactive ketones (excluding diaryl/α,β-unsaturated/α-hetero) is 1. The van der Waals surface area contributed by atoms with Gasteiger partial charge in [-0.3, -0.25) is 4.79 Å². The number of carbonyl (C=O) groups is 2. The average Bonchev–Trinajstić information content (AvgIpc) is 2.73. The molecule has 0 unspecified atom stereocenters. The normalized spacial score (nSPS) is 17.5.